The van der Waals surface area contributed by atoms with Crippen LogP contribution in [0.2, 0.25) is 0 Å². The van der Waals surface area contributed by atoms with E-state index in [0.717, 1.165) is 17.9 Å². The van der Waals surface area contributed by atoms with Crippen molar-refractivity contribution in [2.45, 2.75) is 6.54 Å². The Morgan fingerprint density at radius 2 is 1.68 bits per heavy atom. The van der Waals surface area contributed by atoms with Gasteiger partial charge in [-0.25, -0.2) is 0 Å². The molecule has 0 aliphatic rings. The Morgan fingerprint density at radius 1 is 1.05 bits per heavy atom. The number of nitrogens with zero attached hydrogens (tertiary/aromatic N) is 1. The third-order valence-electron chi connectivity index (χ3n) is 2.62. The first-order valence-corrected chi connectivity index (χ1v) is 6.40. The van der Waals surface area contributed by atoms with Gasteiger partial charge in [-0.15, -0.1) is 0 Å². The van der Waals surface area contributed by atoms with Crippen LogP contribution in [0.4, 0.5) is 11.4 Å². The van der Waals surface area contributed by atoms with Crippen molar-refractivity contribution < 1.29 is 0 Å². The van der Waals surface area contributed by atoms with Crippen LogP contribution >= 0.6 is 12.2 Å². The molecule has 98 valence electrons. The Hall–Kier alpha value is -2.14. The number of aromatic nitrogens is 1. The molecule has 0 fully saturated rings. The molecule has 0 spiro atoms. The normalized spacial score (nSPS) is 9.74. The highest BCUT2D eigenvalue weighted by Crippen LogP contribution is 2.14. The summed E-state index contributed by atoms with van der Waals surface area (Å²) >= 11 is 5.04. The van der Waals surface area contributed by atoms with Gasteiger partial charge in [0.25, 0.3) is 0 Å². The van der Waals surface area contributed by atoms with Crippen LogP contribution in [0, 0.1) is 0 Å². The van der Waals surface area contributed by atoms with Crippen molar-refractivity contribution in [1.82, 2.24) is 10.3 Å². The maximum atomic E-state index is 5.04. The van der Waals surface area contributed by atoms with Gasteiger partial charge in [0, 0.05) is 37.4 Å². The molecule has 2 aromatic rings. The van der Waals surface area contributed by atoms with Crippen molar-refractivity contribution in [3.8, 4) is 0 Å². The summed E-state index contributed by atoms with van der Waals surface area (Å²) in [6.07, 6.45) is 3.59. The molecule has 1 aromatic carbocycles. The average Bonchev–Trinajstić information content (AvgIpc) is 2.47. The van der Waals surface area contributed by atoms with E-state index >= 15 is 0 Å². The van der Waals surface area contributed by atoms with Crippen molar-refractivity contribution >= 4 is 28.7 Å². The number of benzene rings is 1. The predicted octanol–water partition coefficient (Wildman–Crippen LogP) is 2.61. The lowest BCUT2D eigenvalue weighted by Crippen LogP contribution is -2.23. The molecule has 2 rings (SSSR count). The highest BCUT2D eigenvalue weighted by Gasteiger charge is 1.96. The van der Waals surface area contributed by atoms with Crippen molar-refractivity contribution in [3.05, 3.63) is 54.4 Å². The maximum Gasteiger partial charge on any atom is 0.170 e. The molecule has 0 saturated carbocycles. The minimum absolute atomic E-state index is 0.609. The van der Waals surface area contributed by atoms with Gasteiger partial charge in [-0.1, -0.05) is 0 Å². The predicted molar refractivity (Wildman–Crippen MR) is 83.3 cm³/mol. The molecular formula is C14H16N4S. The summed E-state index contributed by atoms with van der Waals surface area (Å²) in [7, 11) is 1.79. The highest BCUT2D eigenvalue weighted by atomic mass is 32.1. The van der Waals surface area contributed by atoms with Crippen LogP contribution in [0.15, 0.2) is 48.8 Å². The number of anilines is 2. The van der Waals surface area contributed by atoms with E-state index in [4.69, 9.17) is 12.2 Å². The fourth-order valence-electron chi connectivity index (χ4n) is 1.57. The van der Waals surface area contributed by atoms with Gasteiger partial charge in [0.15, 0.2) is 5.11 Å². The first-order valence-electron chi connectivity index (χ1n) is 5.99. The fourth-order valence-corrected chi connectivity index (χ4v) is 1.69. The van der Waals surface area contributed by atoms with Gasteiger partial charge in [-0.2, -0.15) is 0 Å². The van der Waals surface area contributed by atoms with Gasteiger partial charge in [0.1, 0.15) is 0 Å². The van der Waals surface area contributed by atoms with Crippen molar-refractivity contribution in [3.63, 3.8) is 0 Å². The van der Waals surface area contributed by atoms with Crippen LogP contribution in [-0.2, 0) is 6.54 Å². The number of pyridine rings is 1. The van der Waals surface area contributed by atoms with Gasteiger partial charge in [0.05, 0.1) is 0 Å². The molecule has 3 N–H and O–H groups in total. The van der Waals surface area contributed by atoms with E-state index in [1.54, 1.807) is 19.4 Å². The lowest BCUT2D eigenvalue weighted by atomic mass is 10.2. The van der Waals surface area contributed by atoms with Crippen molar-refractivity contribution in [1.29, 1.82) is 0 Å². The van der Waals surface area contributed by atoms with Crippen LogP contribution in [0.5, 0.6) is 0 Å². The van der Waals surface area contributed by atoms with E-state index < -0.39 is 0 Å². The summed E-state index contributed by atoms with van der Waals surface area (Å²) in [6, 6.07) is 12.0. The van der Waals surface area contributed by atoms with Crippen LogP contribution in [-0.4, -0.2) is 17.1 Å². The summed E-state index contributed by atoms with van der Waals surface area (Å²) in [5.74, 6) is 0. The molecular weight excluding hydrogens is 256 g/mol. The maximum absolute atomic E-state index is 5.04. The van der Waals surface area contributed by atoms with E-state index in [1.807, 2.05) is 36.4 Å². The largest absolute Gasteiger partial charge is 0.381 e. The zero-order chi connectivity index (χ0) is 13.5. The zero-order valence-electron chi connectivity index (χ0n) is 10.7. The molecule has 19 heavy (non-hydrogen) atoms. The van der Waals surface area contributed by atoms with E-state index in [-0.39, 0.29) is 0 Å². The molecule has 4 nitrogen and oxygen atoms in total. The minimum atomic E-state index is 0.609. The molecule has 1 aromatic heterocycles. The Labute approximate surface area is 118 Å². The standard InChI is InChI=1S/C14H16N4S/c1-15-14(19)18-13-4-2-12(3-5-13)17-10-11-6-8-16-9-7-11/h2-9,17H,10H2,1H3,(H2,15,18,19). The lowest BCUT2D eigenvalue weighted by Gasteiger charge is -2.09. The second-order valence-electron chi connectivity index (χ2n) is 3.99. The van der Waals surface area contributed by atoms with Gasteiger partial charge < -0.3 is 16.0 Å². The Bertz CT molecular complexity index is 525. The smallest absolute Gasteiger partial charge is 0.170 e. The Morgan fingerprint density at radius 3 is 2.32 bits per heavy atom. The molecule has 0 aliphatic heterocycles. The van der Waals surface area contributed by atoms with Gasteiger partial charge in [0.2, 0.25) is 0 Å². The van der Waals surface area contributed by atoms with Crippen molar-refractivity contribution in [2.24, 2.45) is 0 Å². The molecule has 0 bridgehead atoms. The number of rotatable bonds is 4. The van der Waals surface area contributed by atoms with Crippen LogP contribution in [0.3, 0.4) is 0 Å². The highest BCUT2D eigenvalue weighted by molar-refractivity contribution is 7.80. The second-order valence-corrected chi connectivity index (χ2v) is 4.40. The molecule has 0 aliphatic carbocycles. The van der Waals surface area contributed by atoms with E-state index in [9.17, 15) is 0 Å². The first-order chi connectivity index (χ1) is 9.28. The third kappa shape index (κ3) is 4.22. The fraction of sp³-hybridized carbons (Fsp3) is 0.143. The minimum Gasteiger partial charge on any atom is -0.381 e. The SMILES string of the molecule is CNC(=S)Nc1ccc(NCc2ccncc2)cc1. The third-order valence-corrected chi connectivity index (χ3v) is 2.92. The van der Waals surface area contributed by atoms with E-state index in [1.165, 1.54) is 5.56 Å². The lowest BCUT2D eigenvalue weighted by molar-refractivity contribution is 1.13. The van der Waals surface area contributed by atoms with Crippen LogP contribution in [0.25, 0.3) is 0 Å². The van der Waals surface area contributed by atoms with Crippen LogP contribution < -0.4 is 16.0 Å². The second kappa shape index (κ2) is 6.70. The number of thiocarbonyl (C=S) groups is 1. The summed E-state index contributed by atoms with van der Waals surface area (Å²) in [6.45, 7) is 0.782. The summed E-state index contributed by atoms with van der Waals surface area (Å²) in [5, 5.41) is 9.91. The Balaban J connectivity index is 1.90. The summed E-state index contributed by atoms with van der Waals surface area (Å²) in [4.78, 5) is 3.99. The number of hydrogen-bond acceptors (Lipinski definition) is 3. The molecule has 5 heteroatoms. The Kier molecular flexibility index (Phi) is 4.69. The number of nitrogens with one attached hydrogen (secondary N) is 3. The molecule has 0 atom stereocenters. The summed E-state index contributed by atoms with van der Waals surface area (Å²) in [5.41, 5.74) is 3.24. The van der Waals surface area contributed by atoms with E-state index in [2.05, 4.69) is 20.9 Å². The van der Waals surface area contributed by atoms with Gasteiger partial charge >= 0.3 is 0 Å². The van der Waals surface area contributed by atoms with Crippen molar-refractivity contribution in [2.75, 3.05) is 17.7 Å². The molecule has 1 heterocycles. The quantitative estimate of drug-likeness (QED) is 0.747. The molecule has 0 unspecified atom stereocenters. The summed E-state index contributed by atoms with van der Waals surface area (Å²) < 4.78 is 0. The van der Waals surface area contributed by atoms with Gasteiger partial charge in [-0.3, -0.25) is 4.98 Å². The first kappa shape index (κ1) is 13.3. The topological polar surface area (TPSA) is 49.0 Å². The average molecular weight is 272 g/mol. The van der Waals surface area contributed by atoms with E-state index in [0.29, 0.717) is 5.11 Å². The molecule has 0 radical (unpaired) electrons. The molecule has 0 amide bonds. The number of hydrogen-bond donors (Lipinski definition) is 3. The zero-order valence-corrected chi connectivity index (χ0v) is 11.5. The molecule has 0 saturated heterocycles. The van der Waals surface area contributed by atoms with Gasteiger partial charge in [-0.05, 0) is 54.2 Å². The monoisotopic (exact) mass is 272 g/mol. The van der Waals surface area contributed by atoms with Crippen LogP contribution in [0.1, 0.15) is 5.56 Å².